The van der Waals surface area contributed by atoms with Gasteiger partial charge in [0.1, 0.15) is 0 Å². The number of pyridine rings is 2. The molecule has 2 aromatic heterocycles. The van der Waals surface area contributed by atoms with E-state index in [1.807, 2.05) is 12.1 Å². The first-order valence-corrected chi connectivity index (χ1v) is 11.4. The quantitative estimate of drug-likeness (QED) is 0.639. The fourth-order valence-electron chi connectivity index (χ4n) is 1.83. The van der Waals surface area contributed by atoms with Crippen LogP contribution in [0.4, 0.5) is 11.6 Å². The van der Waals surface area contributed by atoms with Gasteiger partial charge < -0.3 is 0 Å². The topological polar surface area (TPSA) is 66.4 Å². The molecule has 2 aromatic rings. The molecule has 0 aliphatic rings. The zero-order chi connectivity index (χ0) is 15.2. The Labute approximate surface area is 136 Å². The number of hydrogen-bond acceptors (Lipinski definition) is 4. The van der Waals surface area contributed by atoms with Crippen LogP contribution in [0.1, 0.15) is 13.8 Å². The number of aromatic nitrogens is 2. The Balaban J connectivity index is 2.30. The molecule has 2 amide bonds. The average Bonchev–Trinajstić information content (AvgIpc) is 2.49. The van der Waals surface area contributed by atoms with Crippen molar-refractivity contribution < 1.29 is 34.8 Å². The van der Waals surface area contributed by atoms with E-state index < -0.39 is 25.2 Å². The van der Waals surface area contributed by atoms with E-state index in [0.29, 0.717) is 11.6 Å². The standard InChI is InChI=1S/2C7H8N2O.Hg/c2*1-6(10)9-7-4-2-3-5-8-7;/h2*2-5H,1H3,(H,8,9,10);/q;;+2/p-2. The predicted octanol–water partition coefficient (Wildman–Crippen LogP) is 1.80. The summed E-state index contributed by atoms with van der Waals surface area (Å²) in [6.07, 6.45) is 3.27. The Morgan fingerprint density at radius 3 is 1.57 bits per heavy atom. The number of amides is 2. The van der Waals surface area contributed by atoms with Crippen LogP contribution in [0.5, 0.6) is 0 Å². The Morgan fingerprint density at radius 1 is 0.857 bits per heavy atom. The van der Waals surface area contributed by atoms with Gasteiger partial charge in [-0.3, -0.25) is 0 Å². The second-order valence-corrected chi connectivity index (χ2v) is 10.4. The molecule has 0 aromatic carbocycles. The van der Waals surface area contributed by atoms with Crippen molar-refractivity contribution in [3.8, 4) is 0 Å². The van der Waals surface area contributed by atoms with E-state index in [0.717, 1.165) is 0 Å². The second-order valence-electron chi connectivity index (χ2n) is 4.41. The zero-order valence-electron chi connectivity index (χ0n) is 11.9. The van der Waals surface area contributed by atoms with Crippen LogP contribution < -0.4 is 5.33 Å². The van der Waals surface area contributed by atoms with Gasteiger partial charge in [0.2, 0.25) is 0 Å². The summed E-state index contributed by atoms with van der Waals surface area (Å²) in [6.45, 7) is 2.98. The van der Waals surface area contributed by atoms with E-state index in [2.05, 4.69) is 9.97 Å². The van der Waals surface area contributed by atoms with Gasteiger partial charge in [0.15, 0.2) is 0 Å². The van der Waals surface area contributed by atoms with Gasteiger partial charge in [0.25, 0.3) is 0 Å². The molecule has 6 nitrogen and oxygen atoms in total. The van der Waals surface area contributed by atoms with Crippen molar-refractivity contribution in [2.45, 2.75) is 13.8 Å². The maximum atomic E-state index is 11.9. The fraction of sp³-hybridized carbons (Fsp3) is 0.143. The van der Waals surface area contributed by atoms with Crippen molar-refractivity contribution in [1.29, 1.82) is 0 Å². The van der Waals surface area contributed by atoms with Gasteiger partial charge in [-0.25, -0.2) is 0 Å². The van der Waals surface area contributed by atoms with Gasteiger partial charge in [-0.05, 0) is 0 Å². The first-order chi connectivity index (χ1) is 10.1. The van der Waals surface area contributed by atoms with Crippen LogP contribution in [0, 0.1) is 0 Å². The van der Waals surface area contributed by atoms with Crippen molar-refractivity contribution in [2.24, 2.45) is 0 Å². The fourth-order valence-corrected chi connectivity index (χ4v) is 7.06. The van der Waals surface area contributed by atoms with Gasteiger partial charge in [-0.15, -0.1) is 0 Å². The minimum absolute atomic E-state index is 0.0995. The van der Waals surface area contributed by atoms with Crippen LogP contribution >= 0.6 is 0 Å². The summed E-state index contributed by atoms with van der Waals surface area (Å²) in [5, 5.41) is 0. The van der Waals surface area contributed by atoms with Crippen molar-refractivity contribution in [1.82, 2.24) is 9.97 Å². The number of carbonyl (C=O) groups is 2. The van der Waals surface area contributed by atoms with Crippen LogP contribution in [-0.2, 0) is 34.8 Å². The van der Waals surface area contributed by atoms with Crippen LogP contribution in [0.25, 0.3) is 0 Å². The molecule has 2 heterocycles. The third-order valence-electron chi connectivity index (χ3n) is 2.89. The molecule has 0 aliphatic carbocycles. The van der Waals surface area contributed by atoms with Crippen molar-refractivity contribution in [2.75, 3.05) is 5.33 Å². The predicted molar refractivity (Wildman–Crippen MR) is 74.8 cm³/mol. The molecule has 0 aliphatic heterocycles. The molecule has 0 unspecified atom stereocenters. The monoisotopic (exact) mass is 472 g/mol. The molecule has 104 valence electrons. The summed E-state index contributed by atoms with van der Waals surface area (Å²) in [5.41, 5.74) is 0. The molecule has 0 bridgehead atoms. The molecule has 21 heavy (non-hydrogen) atoms. The Kier molecular flexibility index (Phi) is 5.38. The van der Waals surface area contributed by atoms with Gasteiger partial charge in [-0.2, -0.15) is 0 Å². The van der Waals surface area contributed by atoms with Crippen LogP contribution in [0.15, 0.2) is 48.8 Å². The summed E-state index contributed by atoms with van der Waals surface area (Å²) in [6, 6.07) is 10.8. The molecular weight excluding hydrogens is 457 g/mol. The van der Waals surface area contributed by atoms with E-state index in [4.69, 9.17) is 0 Å². The van der Waals surface area contributed by atoms with E-state index in [9.17, 15) is 9.59 Å². The van der Waals surface area contributed by atoms with Crippen molar-refractivity contribution in [3.63, 3.8) is 0 Å². The van der Waals surface area contributed by atoms with Gasteiger partial charge in [-0.1, -0.05) is 0 Å². The average molecular weight is 471 g/mol. The molecule has 0 saturated carbocycles. The molecule has 0 saturated heterocycles. The Bertz CT molecular complexity index is 566. The molecule has 0 N–H and O–H groups in total. The normalized spacial score (nSPS) is 9.62. The van der Waals surface area contributed by atoms with Crippen LogP contribution in [0.2, 0.25) is 0 Å². The summed E-state index contributed by atoms with van der Waals surface area (Å²) in [5.74, 6) is 0.984. The third kappa shape index (κ3) is 4.07. The van der Waals surface area contributed by atoms with Crippen molar-refractivity contribution >= 4 is 23.5 Å². The molecule has 0 atom stereocenters. The van der Waals surface area contributed by atoms with Crippen LogP contribution in [0.3, 0.4) is 0 Å². The van der Waals surface area contributed by atoms with E-state index in [1.165, 1.54) is 13.8 Å². The number of nitrogens with zero attached hydrogens (tertiary/aromatic N) is 4. The molecule has 2 rings (SSSR count). The van der Waals surface area contributed by atoms with E-state index in [1.54, 1.807) is 42.0 Å². The summed E-state index contributed by atoms with van der Waals surface area (Å²) in [7, 11) is 0. The summed E-state index contributed by atoms with van der Waals surface area (Å²) < 4.78 is 3.30. The minimum atomic E-state index is -2.30. The van der Waals surface area contributed by atoms with E-state index in [-0.39, 0.29) is 11.8 Å². The molecular formula is C14H14HgN4O2. The zero-order valence-corrected chi connectivity index (χ0v) is 17.4. The maximum absolute atomic E-state index is 11.9. The van der Waals surface area contributed by atoms with E-state index >= 15 is 0 Å². The molecule has 7 heteroatoms. The molecule has 0 fully saturated rings. The van der Waals surface area contributed by atoms with Crippen LogP contribution in [-0.4, -0.2) is 21.8 Å². The van der Waals surface area contributed by atoms with Gasteiger partial charge >= 0.3 is 136 Å². The first-order valence-electron chi connectivity index (χ1n) is 6.48. The summed E-state index contributed by atoms with van der Waals surface area (Å²) >= 11 is -2.30. The SMILES string of the molecule is CC(=O)[N]([Hg][N](C(C)=O)c1ccccn1)c1ccccn1. The second kappa shape index (κ2) is 7.26. The van der Waals surface area contributed by atoms with Gasteiger partial charge in [0, 0.05) is 0 Å². The third-order valence-corrected chi connectivity index (χ3v) is 11.1. The number of hydrogen-bond donors (Lipinski definition) is 0. The number of rotatable bonds is 4. The first kappa shape index (κ1) is 15.6. The molecule has 0 radical (unpaired) electrons. The number of carbonyl (C=O) groups excluding carboxylic acids is 2. The number of anilines is 2. The Morgan fingerprint density at radius 2 is 1.29 bits per heavy atom. The van der Waals surface area contributed by atoms with Crippen molar-refractivity contribution in [3.05, 3.63) is 48.8 Å². The summed E-state index contributed by atoms with van der Waals surface area (Å²) in [4.78, 5) is 32.3. The Hall–Kier alpha value is -1.82. The van der Waals surface area contributed by atoms with Gasteiger partial charge in [0.05, 0.1) is 0 Å². The molecule has 0 spiro atoms.